The summed E-state index contributed by atoms with van der Waals surface area (Å²) >= 11 is 0. The number of amides is 1. The highest BCUT2D eigenvalue weighted by atomic mass is 16.5. The Morgan fingerprint density at radius 3 is 2.58 bits per heavy atom. The molecule has 1 amide bonds. The third-order valence-electron chi connectivity index (χ3n) is 4.65. The molecule has 5 heteroatoms. The van der Waals surface area contributed by atoms with Crippen molar-refractivity contribution in [2.24, 2.45) is 11.1 Å². The zero-order chi connectivity index (χ0) is 13.9. The lowest BCUT2D eigenvalue weighted by molar-refractivity contribution is -0.147. The van der Waals surface area contributed by atoms with Crippen LogP contribution in [0.15, 0.2) is 0 Å². The van der Waals surface area contributed by atoms with Crippen molar-refractivity contribution < 1.29 is 14.6 Å². The largest absolute Gasteiger partial charge is 0.390 e. The molecule has 0 spiro atoms. The molecule has 0 saturated carbocycles. The van der Waals surface area contributed by atoms with Crippen LogP contribution in [0.3, 0.4) is 0 Å². The zero-order valence-electron chi connectivity index (χ0n) is 11.9. The van der Waals surface area contributed by atoms with Crippen LogP contribution >= 0.6 is 0 Å². The van der Waals surface area contributed by atoms with Crippen molar-refractivity contribution in [2.45, 2.75) is 44.6 Å². The van der Waals surface area contributed by atoms with Gasteiger partial charge >= 0.3 is 0 Å². The monoisotopic (exact) mass is 270 g/mol. The fraction of sp³-hybridized carbons (Fsp3) is 0.929. The lowest BCUT2D eigenvalue weighted by Crippen LogP contribution is -2.51. The molecular formula is C14H26N2O3. The number of hydrogen-bond acceptors (Lipinski definition) is 4. The van der Waals surface area contributed by atoms with E-state index in [2.05, 4.69) is 0 Å². The summed E-state index contributed by atoms with van der Waals surface area (Å²) in [6.07, 6.45) is 3.70. The second-order valence-corrected chi connectivity index (χ2v) is 6.24. The second-order valence-electron chi connectivity index (χ2n) is 6.24. The van der Waals surface area contributed by atoms with Crippen LogP contribution < -0.4 is 5.73 Å². The van der Waals surface area contributed by atoms with Gasteiger partial charge in [0, 0.05) is 32.8 Å². The topological polar surface area (TPSA) is 75.8 Å². The number of carbonyl (C=O) groups is 1. The summed E-state index contributed by atoms with van der Waals surface area (Å²) in [6, 6.07) is 0. The predicted octanol–water partition coefficient (Wildman–Crippen LogP) is 0.505. The first-order valence-electron chi connectivity index (χ1n) is 7.29. The molecule has 3 N–H and O–H groups in total. The van der Waals surface area contributed by atoms with Crippen LogP contribution in [0.1, 0.15) is 39.0 Å². The molecule has 0 aromatic heterocycles. The van der Waals surface area contributed by atoms with E-state index in [9.17, 15) is 9.90 Å². The van der Waals surface area contributed by atoms with E-state index in [1.165, 1.54) is 0 Å². The first-order valence-corrected chi connectivity index (χ1v) is 7.29. The number of likely N-dealkylation sites (tertiary alicyclic amines) is 1. The van der Waals surface area contributed by atoms with Crippen molar-refractivity contribution in [3.05, 3.63) is 0 Å². The van der Waals surface area contributed by atoms with Gasteiger partial charge in [0.15, 0.2) is 0 Å². The van der Waals surface area contributed by atoms with Gasteiger partial charge in [0.05, 0.1) is 11.0 Å². The molecule has 0 aromatic rings. The van der Waals surface area contributed by atoms with E-state index < -0.39 is 11.0 Å². The number of rotatable bonds is 2. The average Bonchev–Trinajstić information content (AvgIpc) is 2.59. The van der Waals surface area contributed by atoms with Crippen molar-refractivity contribution in [1.82, 2.24) is 4.90 Å². The maximum absolute atomic E-state index is 12.8. The fourth-order valence-electron chi connectivity index (χ4n) is 3.07. The molecule has 19 heavy (non-hydrogen) atoms. The summed E-state index contributed by atoms with van der Waals surface area (Å²) in [4.78, 5) is 14.7. The van der Waals surface area contributed by atoms with E-state index in [0.717, 1.165) is 32.2 Å². The van der Waals surface area contributed by atoms with E-state index in [4.69, 9.17) is 10.5 Å². The Morgan fingerprint density at radius 1 is 1.26 bits per heavy atom. The number of hydrogen-bond donors (Lipinski definition) is 2. The molecule has 1 atom stereocenters. The van der Waals surface area contributed by atoms with Gasteiger partial charge in [-0.05, 0) is 39.0 Å². The Morgan fingerprint density at radius 2 is 1.95 bits per heavy atom. The van der Waals surface area contributed by atoms with Gasteiger partial charge in [0.25, 0.3) is 0 Å². The first-order chi connectivity index (χ1) is 8.99. The highest BCUT2D eigenvalue weighted by Gasteiger charge is 2.42. The Labute approximate surface area is 115 Å². The minimum absolute atomic E-state index is 0.163. The van der Waals surface area contributed by atoms with Crippen LogP contribution in [-0.2, 0) is 9.53 Å². The highest BCUT2D eigenvalue weighted by molar-refractivity contribution is 5.83. The highest BCUT2D eigenvalue weighted by Crippen LogP contribution is 2.33. The number of nitrogens with two attached hydrogens (primary N) is 1. The summed E-state index contributed by atoms with van der Waals surface area (Å²) in [5, 5.41) is 10.1. The summed E-state index contributed by atoms with van der Waals surface area (Å²) in [5.41, 5.74) is 4.81. The molecule has 110 valence electrons. The van der Waals surface area contributed by atoms with Gasteiger partial charge < -0.3 is 20.5 Å². The molecule has 5 nitrogen and oxygen atoms in total. The Kier molecular flexibility index (Phi) is 4.48. The molecule has 2 rings (SSSR count). The maximum atomic E-state index is 12.8. The molecule has 1 unspecified atom stereocenters. The van der Waals surface area contributed by atoms with Crippen LogP contribution in [0, 0.1) is 5.41 Å². The summed E-state index contributed by atoms with van der Waals surface area (Å²) in [6.45, 7) is 4.85. The first kappa shape index (κ1) is 14.8. The predicted molar refractivity (Wildman–Crippen MR) is 72.6 cm³/mol. The summed E-state index contributed by atoms with van der Waals surface area (Å²) in [5.74, 6) is 0.163. The van der Waals surface area contributed by atoms with Gasteiger partial charge in [-0.15, -0.1) is 0 Å². The number of nitrogens with zero attached hydrogens (tertiary/aromatic N) is 1. The van der Waals surface area contributed by atoms with Crippen molar-refractivity contribution in [3.8, 4) is 0 Å². The third-order valence-corrected chi connectivity index (χ3v) is 4.65. The van der Waals surface area contributed by atoms with Gasteiger partial charge in [-0.3, -0.25) is 4.79 Å². The van der Waals surface area contributed by atoms with E-state index in [1.54, 1.807) is 0 Å². The molecule has 2 aliphatic heterocycles. The van der Waals surface area contributed by atoms with Crippen LogP contribution in [0.2, 0.25) is 0 Å². The third kappa shape index (κ3) is 3.27. The van der Waals surface area contributed by atoms with Gasteiger partial charge in [0.2, 0.25) is 5.91 Å². The van der Waals surface area contributed by atoms with Gasteiger partial charge in [0.1, 0.15) is 0 Å². The molecule has 2 saturated heterocycles. The zero-order valence-corrected chi connectivity index (χ0v) is 11.9. The molecule has 0 aromatic carbocycles. The molecule has 2 aliphatic rings. The number of carbonyl (C=O) groups excluding carboxylic acids is 1. The van der Waals surface area contributed by atoms with Crippen molar-refractivity contribution in [2.75, 3.05) is 32.8 Å². The smallest absolute Gasteiger partial charge is 0.230 e. The lowest BCUT2D eigenvalue weighted by atomic mass is 9.79. The SMILES string of the molecule is CC1(O)CCCN(C(=O)C2(CN)CCOCC2)CC1. The van der Waals surface area contributed by atoms with Crippen LogP contribution in [-0.4, -0.2) is 54.4 Å². The maximum Gasteiger partial charge on any atom is 0.230 e. The summed E-state index contributed by atoms with van der Waals surface area (Å²) < 4.78 is 5.36. The molecule has 0 bridgehead atoms. The van der Waals surface area contributed by atoms with E-state index >= 15 is 0 Å². The Hall–Kier alpha value is -0.650. The number of ether oxygens (including phenoxy) is 1. The molecule has 0 radical (unpaired) electrons. The minimum atomic E-state index is -0.638. The quantitative estimate of drug-likeness (QED) is 0.766. The molecule has 0 aliphatic carbocycles. The van der Waals surface area contributed by atoms with Crippen LogP contribution in [0.4, 0.5) is 0 Å². The lowest BCUT2D eigenvalue weighted by Gasteiger charge is -2.38. The normalized spacial score (nSPS) is 31.8. The van der Waals surface area contributed by atoms with E-state index in [1.807, 2.05) is 11.8 Å². The van der Waals surface area contributed by atoms with Crippen LogP contribution in [0.25, 0.3) is 0 Å². The second kappa shape index (κ2) is 5.77. The van der Waals surface area contributed by atoms with Crippen molar-refractivity contribution >= 4 is 5.91 Å². The van der Waals surface area contributed by atoms with E-state index in [0.29, 0.717) is 32.7 Å². The molecule has 2 heterocycles. The Balaban J connectivity index is 2.05. The average molecular weight is 270 g/mol. The van der Waals surface area contributed by atoms with Crippen molar-refractivity contribution in [3.63, 3.8) is 0 Å². The van der Waals surface area contributed by atoms with Gasteiger partial charge in [-0.1, -0.05) is 0 Å². The molecule has 2 fully saturated rings. The van der Waals surface area contributed by atoms with Crippen LogP contribution in [0.5, 0.6) is 0 Å². The summed E-state index contributed by atoms with van der Waals surface area (Å²) in [7, 11) is 0. The fourth-order valence-corrected chi connectivity index (χ4v) is 3.07. The van der Waals surface area contributed by atoms with Gasteiger partial charge in [-0.2, -0.15) is 0 Å². The standard InChI is InChI=1S/C14H26N2O3/c1-13(18)3-2-7-16(8-4-13)12(17)14(11-15)5-9-19-10-6-14/h18H,2-11,15H2,1H3. The van der Waals surface area contributed by atoms with Gasteiger partial charge in [-0.25, -0.2) is 0 Å². The van der Waals surface area contributed by atoms with E-state index in [-0.39, 0.29) is 5.91 Å². The minimum Gasteiger partial charge on any atom is -0.390 e. The number of aliphatic hydroxyl groups is 1. The molecular weight excluding hydrogens is 244 g/mol. The van der Waals surface area contributed by atoms with Crippen molar-refractivity contribution in [1.29, 1.82) is 0 Å². The Bertz CT molecular complexity index is 325.